The molecule has 5 aromatic carbocycles. The Balaban J connectivity index is 1.19. The Kier molecular flexibility index (Phi) is 6.35. The van der Waals surface area contributed by atoms with Crippen LogP contribution < -0.4 is 0 Å². The molecule has 6 heteroatoms. The maximum Gasteiger partial charge on any atom is 0.227 e. The minimum Gasteiger partial charge on any atom is -0.438 e. The van der Waals surface area contributed by atoms with Crippen LogP contribution >= 0.6 is 0 Å². The van der Waals surface area contributed by atoms with Crippen molar-refractivity contribution in [1.82, 2.24) is 24.9 Å². The summed E-state index contributed by atoms with van der Waals surface area (Å²) in [5.74, 6) is 1.87. The normalized spacial score (nSPS) is 11.4. The molecule has 0 saturated carbocycles. The van der Waals surface area contributed by atoms with Gasteiger partial charge in [0.25, 0.3) is 0 Å². The fraction of sp³-hybridized carbons (Fsp3) is 0. The number of hydrogen-bond acceptors (Lipinski definition) is 6. The molecular weight excluding hydrogens is 578 g/mol. The Morgan fingerprint density at radius 3 is 1.85 bits per heavy atom. The van der Waals surface area contributed by atoms with Crippen LogP contribution in [-0.2, 0) is 0 Å². The summed E-state index contributed by atoms with van der Waals surface area (Å²) in [4.78, 5) is 24.5. The SMILES string of the molecule is c1ccc(-c2nc(-c3ccccc3)nc(-c3cccc(-c4cc(-c5ccc6c(n5)oc5ccccc56)c5ncccc5c4)c3)n2)cc1. The van der Waals surface area contributed by atoms with Crippen molar-refractivity contribution in [2.75, 3.05) is 0 Å². The van der Waals surface area contributed by atoms with Crippen LogP contribution in [0.25, 0.3) is 89.5 Å². The number of nitrogens with zero attached hydrogens (tertiary/aromatic N) is 5. The van der Waals surface area contributed by atoms with Crippen molar-refractivity contribution in [3.05, 3.63) is 152 Å². The summed E-state index contributed by atoms with van der Waals surface area (Å²) >= 11 is 0. The maximum absolute atomic E-state index is 6.14. The van der Waals surface area contributed by atoms with Gasteiger partial charge in [0.2, 0.25) is 5.71 Å². The lowest BCUT2D eigenvalue weighted by molar-refractivity contribution is 0.654. The molecular formula is C41H25N5O. The predicted octanol–water partition coefficient (Wildman–Crippen LogP) is 10.0. The summed E-state index contributed by atoms with van der Waals surface area (Å²) in [5, 5.41) is 3.07. The van der Waals surface area contributed by atoms with Crippen molar-refractivity contribution < 1.29 is 4.42 Å². The van der Waals surface area contributed by atoms with Gasteiger partial charge in [-0.05, 0) is 53.6 Å². The minimum absolute atomic E-state index is 0.610. The Hall–Kier alpha value is -6.53. The van der Waals surface area contributed by atoms with Gasteiger partial charge in [-0.3, -0.25) is 4.98 Å². The molecule has 0 bridgehead atoms. The third kappa shape index (κ3) is 4.89. The van der Waals surface area contributed by atoms with E-state index in [1.165, 1.54) is 0 Å². The quantitative estimate of drug-likeness (QED) is 0.195. The molecule has 9 rings (SSSR count). The minimum atomic E-state index is 0.610. The number of fused-ring (bicyclic) bond motifs is 4. The van der Waals surface area contributed by atoms with E-state index < -0.39 is 0 Å². The molecule has 6 nitrogen and oxygen atoms in total. The van der Waals surface area contributed by atoms with Gasteiger partial charge in [0.1, 0.15) is 5.58 Å². The molecule has 0 atom stereocenters. The van der Waals surface area contributed by atoms with E-state index in [4.69, 9.17) is 29.3 Å². The van der Waals surface area contributed by atoms with Crippen LogP contribution in [0.15, 0.2) is 156 Å². The smallest absolute Gasteiger partial charge is 0.227 e. The summed E-state index contributed by atoms with van der Waals surface area (Å²) in [5.41, 5.74) is 8.89. The number of furan rings is 1. The summed E-state index contributed by atoms with van der Waals surface area (Å²) in [6, 6.07) is 48.9. The van der Waals surface area contributed by atoms with Crippen molar-refractivity contribution >= 4 is 33.0 Å². The van der Waals surface area contributed by atoms with Gasteiger partial charge < -0.3 is 4.42 Å². The molecule has 4 aromatic heterocycles. The first-order valence-corrected chi connectivity index (χ1v) is 15.4. The zero-order valence-electron chi connectivity index (χ0n) is 25.1. The van der Waals surface area contributed by atoms with Crippen LogP contribution in [0.2, 0.25) is 0 Å². The standard InChI is InChI=1S/C41H25N5O/c1-3-11-26(12-4-1)38-44-39(27-13-5-2-6-14-27)46-40(45-38)30-16-9-15-28(23-30)31-24-29-17-10-22-42-37(29)34(25-31)35-21-20-33-32-18-7-8-19-36(32)47-41(33)43-35/h1-25H. The number of aromatic nitrogens is 5. The van der Waals surface area contributed by atoms with Gasteiger partial charge in [-0.25, -0.2) is 19.9 Å². The molecule has 220 valence electrons. The molecule has 47 heavy (non-hydrogen) atoms. The van der Waals surface area contributed by atoms with Crippen LogP contribution in [0.1, 0.15) is 0 Å². The maximum atomic E-state index is 6.14. The monoisotopic (exact) mass is 603 g/mol. The van der Waals surface area contributed by atoms with E-state index in [2.05, 4.69) is 48.5 Å². The number of para-hydroxylation sites is 1. The first-order valence-electron chi connectivity index (χ1n) is 15.4. The number of benzene rings is 5. The number of pyridine rings is 2. The molecule has 4 heterocycles. The largest absolute Gasteiger partial charge is 0.438 e. The van der Waals surface area contributed by atoms with Crippen LogP contribution in [0.5, 0.6) is 0 Å². The molecule has 0 saturated heterocycles. The number of hydrogen-bond donors (Lipinski definition) is 0. The fourth-order valence-electron chi connectivity index (χ4n) is 6.09. The second-order valence-corrected chi connectivity index (χ2v) is 11.4. The van der Waals surface area contributed by atoms with Crippen LogP contribution in [0, 0.1) is 0 Å². The van der Waals surface area contributed by atoms with Crippen LogP contribution in [0.3, 0.4) is 0 Å². The molecule has 0 aliphatic rings. The van der Waals surface area contributed by atoms with Crippen LogP contribution in [-0.4, -0.2) is 24.9 Å². The lowest BCUT2D eigenvalue weighted by Crippen LogP contribution is -2.00. The second-order valence-electron chi connectivity index (χ2n) is 11.4. The molecule has 9 aromatic rings. The molecule has 0 unspecified atom stereocenters. The van der Waals surface area contributed by atoms with E-state index in [9.17, 15) is 0 Å². The lowest BCUT2D eigenvalue weighted by Gasteiger charge is -2.12. The third-order valence-corrected chi connectivity index (χ3v) is 8.38. The lowest BCUT2D eigenvalue weighted by atomic mass is 9.96. The summed E-state index contributed by atoms with van der Waals surface area (Å²) < 4.78 is 6.14. The van der Waals surface area contributed by atoms with Crippen LogP contribution in [0.4, 0.5) is 0 Å². The third-order valence-electron chi connectivity index (χ3n) is 8.38. The van der Waals surface area contributed by atoms with Crippen molar-refractivity contribution in [3.8, 4) is 56.5 Å². The van der Waals surface area contributed by atoms with Crippen molar-refractivity contribution in [2.45, 2.75) is 0 Å². The van der Waals surface area contributed by atoms with Gasteiger partial charge in [0.15, 0.2) is 17.5 Å². The topological polar surface area (TPSA) is 77.6 Å². The zero-order chi connectivity index (χ0) is 31.2. The second kappa shape index (κ2) is 11.1. The van der Waals surface area contributed by atoms with Crippen molar-refractivity contribution in [2.24, 2.45) is 0 Å². The molecule has 0 fully saturated rings. The molecule has 0 radical (unpaired) electrons. The molecule has 0 N–H and O–H groups in total. The van der Waals surface area contributed by atoms with Gasteiger partial charge in [-0.1, -0.05) is 103 Å². The van der Waals surface area contributed by atoms with E-state index in [0.717, 1.165) is 66.3 Å². The highest BCUT2D eigenvalue weighted by Gasteiger charge is 2.16. The highest BCUT2D eigenvalue weighted by atomic mass is 16.3. The first-order chi connectivity index (χ1) is 23.3. The average Bonchev–Trinajstić information content (AvgIpc) is 3.53. The van der Waals surface area contributed by atoms with E-state index in [-0.39, 0.29) is 0 Å². The molecule has 0 aliphatic heterocycles. The van der Waals surface area contributed by atoms with Gasteiger partial charge in [0.05, 0.1) is 11.2 Å². The van der Waals surface area contributed by atoms with Gasteiger partial charge in [0, 0.05) is 44.6 Å². The molecule has 0 amide bonds. The number of rotatable bonds is 5. The summed E-state index contributed by atoms with van der Waals surface area (Å²) in [7, 11) is 0. The Morgan fingerprint density at radius 1 is 0.426 bits per heavy atom. The Bertz CT molecular complexity index is 2520. The average molecular weight is 604 g/mol. The van der Waals surface area contributed by atoms with Crippen molar-refractivity contribution in [3.63, 3.8) is 0 Å². The van der Waals surface area contributed by atoms with Gasteiger partial charge in [-0.15, -0.1) is 0 Å². The van der Waals surface area contributed by atoms with Crippen molar-refractivity contribution in [1.29, 1.82) is 0 Å². The van der Waals surface area contributed by atoms with E-state index in [1.54, 1.807) is 0 Å². The van der Waals surface area contributed by atoms with Gasteiger partial charge >= 0.3 is 0 Å². The van der Waals surface area contributed by atoms with E-state index >= 15 is 0 Å². The fourth-order valence-corrected chi connectivity index (χ4v) is 6.09. The molecule has 0 spiro atoms. The Morgan fingerprint density at radius 2 is 1.09 bits per heavy atom. The highest BCUT2D eigenvalue weighted by molar-refractivity contribution is 6.05. The Labute approximate surface area is 270 Å². The molecule has 0 aliphatic carbocycles. The first kappa shape index (κ1) is 26.8. The van der Waals surface area contributed by atoms with E-state index in [1.807, 2.05) is 103 Å². The summed E-state index contributed by atoms with van der Waals surface area (Å²) in [6.45, 7) is 0. The zero-order valence-corrected chi connectivity index (χ0v) is 25.1. The predicted molar refractivity (Wildman–Crippen MR) is 187 cm³/mol. The van der Waals surface area contributed by atoms with Gasteiger partial charge in [-0.2, -0.15) is 0 Å². The summed E-state index contributed by atoms with van der Waals surface area (Å²) in [6.07, 6.45) is 1.82. The van der Waals surface area contributed by atoms with E-state index in [0.29, 0.717) is 23.2 Å². The highest BCUT2D eigenvalue weighted by Crippen LogP contribution is 2.36.